The minimum atomic E-state index is 0.123. The lowest BCUT2D eigenvalue weighted by Gasteiger charge is -2.36. The van der Waals surface area contributed by atoms with E-state index in [0.717, 1.165) is 52.9 Å². The maximum absolute atomic E-state index is 12.9. The molecule has 1 aliphatic rings. The summed E-state index contributed by atoms with van der Waals surface area (Å²) in [5.74, 6) is 0.123. The van der Waals surface area contributed by atoms with Gasteiger partial charge in [-0.1, -0.05) is 13.0 Å². The van der Waals surface area contributed by atoms with E-state index >= 15 is 0 Å². The maximum atomic E-state index is 12.9. The van der Waals surface area contributed by atoms with Gasteiger partial charge in [-0.2, -0.15) is 0 Å². The molecule has 0 bridgehead atoms. The lowest BCUT2D eigenvalue weighted by Crippen LogP contribution is -2.45. The largest absolute Gasteiger partial charge is 0.338 e. The average molecular weight is 350 g/mol. The Bertz CT molecular complexity index is 657. The first-order valence-electron chi connectivity index (χ1n) is 8.11. The number of carbonyl (C=O) groups excluding carboxylic acids is 1. The van der Waals surface area contributed by atoms with Crippen LogP contribution in [-0.4, -0.2) is 53.4 Å². The second-order valence-corrected chi connectivity index (χ2v) is 7.94. The van der Waals surface area contributed by atoms with Crippen LogP contribution in [0, 0.1) is 6.92 Å². The highest BCUT2D eigenvalue weighted by molar-refractivity contribution is 7.22. The summed E-state index contributed by atoms with van der Waals surface area (Å²) in [5, 5.41) is 3.00. The van der Waals surface area contributed by atoms with E-state index in [1.54, 1.807) is 11.3 Å². The summed E-state index contributed by atoms with van der Waals surface area (Å²) in [6.45, 7) is 7.40. The zero-order valence-electron chi connectivity index (χ0n) is 13.9. The third kappa shape index (κ3) is 3.49. The average Bonchev–Trinajstić information content (AvgIpc) is 3.23. The molecule has 3 heterocycles. The standard InChI is InChI=1S/C17H23N3OS2/c1-4-20-9-7-13(8-10-20)19(3)17(21)15-12(2)18-16(23-15)14-6-5-11-22-14/h5-6,11,13H,4,7-10H2,1-3H3. The summed E-state index contributed by atoms with van der Waals surface area (Å²) in [7, 11) is 1.94. The Morgan fingerprint density at radius 2 is 2.17 bits per heavy atom. The van der Waals surface area contributed by atoms with Gasteiger partial charge in [-0.05, 0) is 37.8 Å². The van der Waals surface area contributed by atoms with Gasteiger partial charge in [0.05, 0.1) is 10.6 Å². The molecule has 0 aliphatic carbocycles. The highest BCUT2D eigenvalue weighted by Crippen LogP contribution is 2.32. The summed E-state index contributed by atoms with van der Waals surface area (Å²) in [6, 6.07) is 4.42. The number of amides is 1. The Morgan fingerprint density at radius 1 is 1.43 bits per heavy atom. The number of thiazole rings is 1. The van der Waals surface area contributed by atoms with Crippen molar-refractivity contribution < 1.29 is 4.79 Å². The second-order valence-electron chi connectivity index (χ2n) is 5.99. The minimum Gasteiger partial charge on any atom is -0.338 e. The van der Waals surface area contributed by atoms with Gasteiger partial charge in [-0.3, -0.25) is 4.79 Å². The van der Waals surface area contributed by atoms with Gasteiger partial charge in [0.25, 0.3) is 5.91 Å². The molecule has 6 heteroatoms. The lowest BCUT2D eigenvalue weighted by molar-refractivity contribution is 0.0650. The summed E-state index contributed by atoms with van der Waals surface area (Å²) in [6.07, 6.45) is 2.12. The van der Waals surface area contributed by atoms with Crippen molar-refractivity contribution in [3.8, 4) is 9.88 Å². The van der Waals surface area contributed by atoms with Crippen LogP contribution >= 0.6 is 22.7 Å². The summed E-state index contributed by atoms with van der Waals surface area (Å²) in [5.41, 5.74) is 0.848. The molecule has 0 atom stereocenters. The normalized spacial score (nSPS) is 16.7. The topological polar surface area (TPSA) is 36.4 Å². The number of aromatic nitrogens is 1. The van der Waals surface area contributed by atoms with Crippen molar-refractivity contribution in [3.05, 3.63) is 28.1 Å². The van der Waals surface area contributed by atoms with E-state index in [4.69, 9.17) is 0 Å². The fourth-order valence-corrected chi connectivity index (χ4v) is 4.90. The van der Waals surface area contributed by atoms with E-state index in [0.29, 0.717) is 6.04 Å². The molecule has 1 fully saturated rings. The van der Waals surface area contributed by atoms with Crippen LogP contribution in [0.15, 0.2) is 17.5 Å². The molecule has 0 N–H and O–H groups in total. The number of carbonyl (C=O) groups is 1. The van der Waals surface area contributed by atoms with Gasteiger partial charge in [0.15, 0.2) is 0 Å². The predicted octanol–water partition coefficient (Wildman–Crippen LogP) is 3.74. The SMILES string of the molecule is CCN1CCC(N(C)C(=O)c2sc(-c3cccs3)nc2C)CC1. The third-order valence-electron chi connectivity index (χ3n) is 4.60. The first-order valence-corrected chi connectivity index (χ1v) is 9.80. The van der Waals surface area contributed by atoms with Crippen molar-refractivity contribution in [3.63, 3.8) is 0 Å². The number of aryl methyl sites for hydroxylation is 1. The van der Waals surface area contributed by atoms with Gasteiger partial charge in [-0.15, -0.1) is 22.7 Å². The molecule has 2 aromatic rings. The molecule has 124 valence electrons. The van der Waals surface area contributed by atoms with Gasteiger partial charge < -0.3 is 9.80 Å². The summed E-state index contributed by atoms with van der Waals surface area (Å²) in [4.78, 5) is 23.8. The van der Waals surface area contributed by atoms with E-state index in [1.165, 1.54) is 11.3 Å². The molecule has 1 saturated heterocycles. The number of hydrogen-bond donors (Lipinski definition) is 0. The number of nitrogens with zero attached hydrogens (tertiary/aromatic N) is 3. The van der Waals surface area contributed by atoms with E-state index in [2.05, 4.69) is 22.9 Å². The number of likely N-dealkylation sites (tertiary alicyclic amines) is 1. The highest BCUT2D eigenvalue weighted by Gasteiger charge is 2.27. The van der Waals surface area contributed by atoms with Gasteiger partial charge in [0.2, 0.25) is 0 Å². The van der Waals surface area contributed by atoms with Crippen molar-refractivity contribution in [1.29, 1.82) is 0 Å². The monoisotopic (exact) mass is 349 g/mol. The van der Waals surface area contributed by atoms with Crippen molar-refractivity contribution in [2.75, 3.05) is 26.7 Å². The van der Waals surface area contributed by atoms with Crippen LogP contribution in [0.4, 0.5) is 0 Å². The van der Waals surface area contributed by atoms with Crippen molar-refractivity contribution >= 4 is 28.6 Å². The molecule has 3 rings (SSSR count). The number of thiophene rings is 1. The van der Waals surface area contributed by atoms with Gasteiger partial charge in [0, 0.05) is 26.2 Å². The molecule has 23 heavy (non-hydrogen) atoms. The fraction of sp³-hybridized carbons (Fsp3) is 0.529. The van der Waals surface area contributed by atoms with E-state index in [1.807, 2.05) is 30.3 Å². The Labute approximate surface area is 145 Å². The number of hydrogen-bond acceptors (Lipinski definition) is 5. The van der Waals surface area contributed by atoms with Crippen LogP contribution in [-0.2, 0) is 0 Å². The van der Waals surface area contributed by atoms with E-state index in [-0.39, 0.29) is 5.91 Å². The maximum Gasteiger partial charge on any atom is 0.265 e. The molecular formula is C17H23N3OS2. The van der Waals surface area contributed by atoms with Gasteiger partial charge >= 0.3 is 0 Å². The molecule has 0 unspecified atom stereocenters. The Hall–Kier alpha value is -1.24. The lowest BCUT2D eigenvalue weighted by atomic mass is 10.0. The first kappa shape index (κ1) is 16.6. The molecule has 1 amide bonds. The molecule has 0 spiro atoms. The molecule has 0 aromatic carbocycles. The summed E-state index contributed by atoms with van der Waals surface area (Å²) < 4.78 is 0. The van der Waals surface area contributed by atoms with E-state index in [9.17, 15) is 4.79 Å². The number of piperidine rings is 1. The zero-order chi connectivity index (χ0) is 16.4. The Kier molecular flexibility index (Phi) is 5.14. The van der Waals surface area contributed by atoms with Crippen LogP contribution in [0.3, 0.4) is 0 Å². The third-order valence-corrected chi connectivity index (χ3v) is 6.78. The van der Waals surface area contributed by atoms with Crippen LogP contribution in [0.5, 0.6) is 0 Å². The molecule has 1 aliphatic heterocycles. The minimum absolute atomic E-state index is 0.123. The van der Waals surface area contributed by atoms with Crippen molar-refractivity contribution in [1.82, 2.24) is 14.8 Å². The molecular weight excluding hydrogens is 326 g/mol. The first-order chi connectivity index (χ1) is 11.1. The van der Waals surface area contributed by atoms with Gasteiger partial charge in [0.1, 0.15) is 9.88 Å². The van der Waals surface area contributed by atoms with Crippen LogP contribution in [0.1, 0.15) is 35.1 Å². The molecule has 4 nitrogen and oxygen atoms in total. The molecule has 0 radical (unpaired) electrons. The fourth-order valence-electron chi connectivity index (χ4n) is 3.05. The second kappa shape index (κ2) is 7.11. The van der Waals surface area contributed by atoms with Crippen molar-refractivity contribution in [2.24, 2.45) is 0 Å². The Morgan fingerprint density at radius 3 is 2.78 bits per heavy atom. The van der Waals surface area contributed by atoms with Crippen molar-refractivity contribution in [2.45, 2.75) is 32.7 Å². The van der Waals surface area contributed by atoms with Gasteiger partial charge in [-0.25, -0.2) is 4.98 Å². The predicted molar refractivity (Wildman–Crippen MR) is 97.4 cm³/mol. The van der Waals surface area contributed by atoms with Crippen LogP contribution in [0.2, 0.25) is 0 Å². The zero-order valence-corrected chi connectivity index (χ0v) is 15.5. The number of rotatable bonds is 4. The molecule has 2 aromatic heterocycles. The van der Waals surface area contributed by atoms with E-state index < -0.39 is 0 Å². The Balaban J connectivity index is 1.73. The molecule has 0 saturated carbocycles. The quantitative estimate of drug-likeness (QED) is 0.844. The van der Waals surface area contributed by atoms with Crippen LogP contribution < -0.4 is 0 Å². The van der Waals surface area contributed by atoms with Crippen LogP contribution in [0.25, 0.3) is 9.88 Å². The smallest absolute Gasteiger partial charge is 0.265 e. The summed E-state index contributed by atoms with van der Waals surface area (Å²) >= 11 is 3.19. The highest BCUT2D eigenvalue weighted by atomic mass is 32.1.